The molecule has 1 aromatic rings. The number of likely N-dealkylation sites (tertiary alicyclic amines) is 1. The molecule has 2 atom stereocenters. The Balaban J connectivity index is 2.14. The topological polar surface area (TPSA) is 75.4 Å². The largest absolute Gasteiger partial charge is 0.359 e. The number of hydrogen-bond donors (Lipinski definition) is 2. The van der Waals surface area contributed by atoms with Crippen molar-refractivity contribution in [1.29, 1.82) is 0 Å². The van der Waals surface area contributed by atoms with Crippen molar-refractivity contribution in [1.82, 2.24) is 10.2 Å². The molecule has 0 saturated carbocycles. The zero-order chi connectivity index (χ0) is 15.5. The highest BCUT2D eigenvalue weighted by Gasteiger charge is 2.37. The lowest BCUT2D eigenvalue weighted by Crippen LogP contribution is -2.54. The van der Waals surface area contributed by atoms with E-state index in [0.29, 0.717) is 13.1 Å². The molecule has 5 heteroatoms. The molecule has 2 unspecified atom stereocenters. The van der Waals surface area contributed by atoms with Crippen LogP contribution in [-0.4, -0.2) is 36.9 Å². The van der Waals surface area contributed by atoms with Crippen LogP contribution in [0.3, 0.4) is 0 Å². The van der Waals surface area contributed by atoms with Gasteiger partial charge in [0.2, 0.25) is 11.8 Å². The average molecular weight is 289 g/mol. The Labute approximate surface area is 125 Å². The number of hydrogen-bond acceptors (Lipinski definition) is 3. The van der Waals surface area contributed by atoms with E-state index in [4.69, 9.17) is 5.73 Å². The minimum absolute atomic E-state index is 0.00839. The van der Waals surface area contributed by atoms with Crippen LogP contribution in [0.5, 0.6) is 0 Å². The summed E-state index contributed by atoms with van der Waals surface area (Å²) in [7, 11) is 1.63. The first-order chi connectivity index (χ1) is 9.96. The smallest absolute Gasteiger partial charge is 0.246 e. The molecule has 1 saturated heterocycles. The predicted octanol–water partition coefficient (Wildman–Crippen LogP) is 0.845. The summed E-state index contributed by atoms with van der Waals surface area (Å²) in [5.41, 5.74) is 6.00. The second kappa shape index (κ2) is 6.26. The number of nitrogens with zero attached hydrogens (tertiary/aromatic N) is 1. The predicted molar refractivity (Wildman–Crippen MR) is 81.4 cm³/mol. The Kier molecular flexibility index (Phi) is 4.63. The van der Waals surface area contributed by atoms with Gasteiger partial charge < -0.3 is 16.0 Å². The monoisotopic (exact) mass is 289 g/mol. The van der Waals surface area contributed by atoms with Crippen molar-refractivity contribution >= 4 is 11.8 Å². The first kappa shape index (κ1) is 15.5. The minimum Gasteiger partial charge on any atom is -0.359 e. The second-order valence-electron chi connectivity index (χ2n) is 5.77. The molecule has 1 aliphatic rings. The third-order valence-corrected chi connectivity index (χ3v) is 4.14. The van der Waals surface area contributed by atoms with Crippen molar-refractivity contribution in [3.05, 3.63) is 35.9 Å². The summed E-state index contributed by atoms with van der Waals surface area (Å²) in [6, 6.07) is 9.36. The van der Waals surface area contributed by atoms with Gasteiger partial charge in [0.25, 0.3) is 0 Å². The van der Waals surface area contributed by atoms with Gasteiger partial charge in [-0.1, -0.05) is 30.3 Å². The molecule has 0 bridgehead atoms. The standard InChI is InChI=1S/C16H23N3O2/c1-16(17,13-8-4-3-5-9-13)15(21)19-10-6-7-12(11-19)14(20)18-2/h3-5,8-9,12H,6-7,10-11,17H2,1-2H3,(H,18,20). The maximum Gasteiger partial charge on any atom is 0.246 e. The van der Waals surface area contributed by atoms with Gasteiger partial charge in [0.1, 0.15) is 5.54 Å². The normalized spacial score (nSPS) is 21.5. The van der Waals surface area contributed by atoms with E-state index in [1.807, 2.05) is 30.3 Å². The van der Waals surface area contributed by atoms with Gasteiger partial charge in [0.05, 0.1) is 5.92 Å². The van der Waals surface area contributed by atoms with Gasteiger partial charge in [0, 0.05) is 20.1 Å². The molecule has 1 fully saturated rings. The SMILES string of the molecule is CNC(=O)C1CCCN(C(=O)C(C)(N)c2ccccc2)C1. The van der Waals surface area contributed by atoms with Crippen LogP contribution in [0.1, 0.15) is 25.3 Å². The fraction of sp³-hybridized carbons (Fsp3) is 0.500. The van der Waals surface area contributed by atoms with E-state index >= 15 is 0 Å². The van der Waals surface area contributed by atoms with E-state index in [0.717, 1.165) is 18.4 Å². The maximum absolute atomic E-state index is 12.7. The highest BCUT2D eigenvalue weighted by Crippen LogP contribution is 2.24. The number of carbonyl (C=O) groups is 2. The molecule has 0 spiro atoms. The number of nitrogens with one attached hydrogen (secondary N) is 1. The van der Waals surface area contributed by atoms with E-state index in [1.54, 1.807) is 18.9 Å². The third kappa shape index (κ3) is 3.24. The van der Waals surface area contributed by atoms with Gasteiger partial charge in [-0.05, 0) is 25.3 Å². The highest BCUT2D eigenvalue weighted by molar-refractivity contribution is 5.88. The van der Waals surface area contributed by atoms with E-state index in [2.05, 4.69) is 5.32 Å². The molecule has 2 rings (SSSR count). The zero-order valence-electron chi connectivity index (χ0n) is 12.6. The van der Waals surface area contributed by atoms with Crippen LogP contribution >= 0.6 is 0 Å². The first-order valence-corrected chi connectivity index (χ1v) is 7.32. The molecular weight excluding hydrogens is 266 g/mol. The van der Waals surface area contributed by atoms with Gasteiger partial charge in [-0.2, -0.15) is 0 Å². The summed E-state index contributed by atoms with van der Waals surface area (Å²) in [6.45, 7) is 2.83. The second-order valence-corrected chi connectivity index (χ2v) is 5.77. The molecule has 0 radical (unpaired) electrons. The molecule has 0 aliphatic carbocycles. The van der Waals surface area contributed by atoms with E-state index in [1.165, 1.54) is 0 Å². The molecule has 1 aromatic carbocycles. The van der Waals surface area contributed by atoms with Gasteiger partial charge in [0.15, 0.2) is 0 Å². The van der Waals surface area contributed by atoms with Gasteiger partial charge in [-0.25, -0.2) is 0 Å². The third-order valence-electron chi connectivity index (χ3n) is 4.14. The van der Waals surface area contributed by atoms with Crippen molar-refractivity contribution in [2.45, 2.75) is 25.3 Å². The minimum atomic E-state index is -1.06. The lowest BCUT2D eigenvalue weighted by molar-refractivity contribution is -0.140. The molecular formula is C16H23N3O2. The maximum atomic E-state index is 12.7. The van der Waals surface area contributed by atoms with Gasteiger partial charge in [-0.3, -0.25) is 9.59 Å². The molecule has 0 aromatic heterocycles. The van der Waals surface area contributed by atoms with Crippen molar-refractivity contribution in [2.75, 3.05) is 20.1 Å². The summed E-state index contributed by atoms with van der Waals surface area (Å²) < 4.78 is 0. The van der Waals surface area contributed by atoms with E-state index in [9.17, 15) is 9.59 Å². The zero-order valence-corrected chi connectivity index (χ0v) is 12.6. The van der Waals surface area contributed by atoms with E-state index in [-0.39, 0.29) is 17.7 Å². The van der Waals surface area contributed by atoms with Crippen LogP contribution in [0, 0.1) is 5.92 Å². The van der Waals surface area contributed by atoms with Crippen molar-refractivity contribution < 1.29 is 9.59 Å². The Bertz CT molecular complexity index is 514. The summed E-state index contributed by atoms with van der Waals surface area (Å²) in [5, 5.41) is 2.66. The Morgan fingerprint density at radius 1 is 1.33 bits per heavy atom. The molecule has 2 amide bonds. The summed E-state index contributed by atoms with van der Waals surface area (Å²) in [4.78, 5) is 26.2. The Hall–Kier alpha value is -1.88. The number of rotatable bonds is 3. The molecule has 114 valence electrons. The van der Waals surface area contributed by atoms with Crippen LogP contribution in [0.4, 0.5) is 0 Å². The molecule has 21 heavy (non-hydrogen) atoms. The molecule has 5 nitrogen and oxygen atoms in total. The number of amides is 2. The quantitative estimate of drug-likeness (QED) is 0.866. The van der Waals surface area contributed by atoms with Gasteiger partial charge in [-0.15, -0.1) is 0 Å². The Morgan fingerprint density at radius 2 is 2.00 bits per heavy atom. The van der Waals surface area contributed by atoms with E-state index < -0.39 is 5.54 Å². The number of nitrogens with two attached hydrogens (primary N) is 1. The lowest BCUT2D eigenvalue weighted by Gasteiger charge is -2.37. The van der Waals surface area contributed by atoms with Crippen molar-refractivity contribution in [3.8, 4) is 0 Å². The molecule has 1 aliphatic heterocycles. The summed E-state index contributed by atoms with van der Waals surface area (Å²) in [5.74, 6) is -0.271. The fourth-order valence-corrected chi connectivity index (χ4v) is 2.82. The van der Waals surface area contributed by atoms with Crippen molar-refractivity contribution in [2.24, 2.45) is 11.7 Å². The fourth-order valence-electron chi connectivity index (χ4n) is 2.82. The first-order valence-electron chi connectivity index (χ1n) is 7.32. The average Bonchev–Trinajstić information content (AvgIpc) is 2.54. The molecule has 3 N–H and O–H groups in total. The number of carbonyl (C=O) groups excluding carboxylic acids is 2. The van der Waals surface area contributed by atoms with Crippen LogP contribution in [0.2, 0.25) is 0 Å². The number of benzene rings is 1. The lowest BCUT2D eigenvalue weighted by atomic mass is 9.89. The Morgan fingerprint density at radius 3 is 2.62 bits per heavy atom. The molecule has 1 heterocycles. The summed E-state index contributed by atoms with van der Waals surface area (Å²) >= 11 is 0. The summed E-state index contributed by atoms with van der Waals surface area (Å²) in [6.07, 6.45) is 1.64. The van der Waals surface area contributed by atoms with Gasteiger partial charge >= 0.3 is 0 Å². The van der Waals surface area contributed by atoms with Crippen LogP contribution < -0.4 is 11.1 Å². The van der Waals surface area contributed by atoms with Crippen LogP contribution in [-0.2, 0) is 15.1 Å². The highest BCUT2D eigenvalue weighted by atomic mass is 16.2. The number of piperidine rings is 1. The van der Waals surface area contributed by atoms with Crippen LogP contribution in [0.15, 0.2) is 30.3 Å². The van der Waals surface area contributed by atoms with Crippen molar-refractivity contribution in [3.63, 3.8) is 0 Å². The van der Waals surface area contributed by atoms with Crippen LogP contribution in [0.25, 0.3) is 0 Å².